The lowest BCUT2D eigenvalue weighted by Crippen LogP contribution is -2.15. The van der Waals surface area contributed by atoms with Crippen LogP contribution in [0.1, 0.15) is 16.5 Å². The van der Waals surface area contributed by atoms with Crippen LogP contribution in [0.2, 0.25) is 0 Å². The molecule has 2 atom stereocenters. The number of ether oxygens (including phenoxy) is 1. The van der Waals surface area contributed by atoms with Crippen molar-refractivity contribution in [2.45, 2.75) is 12.2 Å². The topological polar surface area (TPSA) is 34.5 Å². The quantitative estimate of drug-likeness (QED) is 0.717. The largest absolute Gasteiger partial charge is 0.354 e. The first-order chi connectivity index (χ1) is 7.86. The van der Waals surface area contributed by atoms with Gasteiger partial charge in [0.1, 0.15) is 6.10 Å². The van der Waals surface area contributed by atoms with Crippen LogP contribution >= 0.6 is 0 Å². The van der Waals surface area contributed by atoms with Gasteiger partial charge < -0.3 is 4.74 Å². The first-order valence-electron chi connectivity index (χ1n) is 5.24. The zero-order valence-corrected chi connectivity index (χ0v) is 8.61. The first kappa shape index (κ1) is 9.36. The summed E-state index contributed by atoms with van der Waals surface area (Å²) in [6, 6.07) is 13.5. The predicted octanol–water partition coefficient (Wildman–Crippen LogP) is 2.27. The molecule has 2 aromatic rings. The van der Waals surface area contributed by atoms with Gasteiger partial charge in [-0.05, 0) is 17.7 Å². The monoisotopic (exact) mass is 213 g/mol. The Morgan fingerprint density at radius 1 is 1.06 bits per heavy atom. The Morgan fingerprint density at radius 3 is 2.44 bits per heavy atom. The molecule has 1 fully saturated rings. The van der Waals surface area contributed by atoms with E-state index in [1.807, 2.05) is 42.5 Å². The SMILES string of the molecule is O=C([C@H]1O[C@@H]1c1ccccc1)n1cccc1. The van der Waals surface area contributed by atoms with Crippen LogP contribution in [-0.2, 0) is 4.74 Å². The molecule has 1 saturated heterocycles. The van der Waals surface area contributed by atoms with Crippen LogP contribution in [0.15, 0.2) is 54.9 Å². The smallest absolute Gasteiger partial charge is 0.262 e. The fraction of sp³-hybridized carbons (Fsp3) is 0.154. The molecule has 0 aliphatic carbocycles. The summed E-state index contributed by atoms with van der Waals surface area (Å²) in [5, 5.41) is 0. The molecule has 3 nitrogen and oxygen atoms in total. The van der Waals surface area contributed by atoms with Crippen molar-refractivity contribution in [3.8, 4) is 0 Å². The highest BCUT2D eigenvalue weighted by molar-refractivity contribution is 5.86. The molecular formula is C13H11NO2. The molecule has 0 radical (unpaired) electrons. The summed E-state index contributed by atoms with van der Waals surface area (Å²) in [6.07, 6.45) is 3.09. The summed E-state index contributed by atoms with van der Waals surface area (Å²) < 4.78 is 6.98. The predicted molar refractivity (Wildman–Crippen MR) is 59.1 cm³/mol. The molecular weight excluding hydrogens is 202 g/mol. The molecule has 80 valence electrons. The van der Waals surface area contributed by atoms with Gasteiger partial charge >= 0.3 is 0 Å². The van der Waals surface area contributed by atoms with Crippen molar-refractivity contribution in [2.24, 2.45) is 0 Å². The van der Waals surface area contributed by atoms with Crippen molar-refractivity contribution in [3.63, 3.8) is 0 Å². The lowest BCUT2D eigenvalue weighted by Gasteiger charge is -1.97. The Balaban J connectivity index is 1.75. The van der Waals surface area contributed by atoms with Crippen LogP contribution in [0.25, 0.3) is 0 Å². The number of carbonyl (C=O) groups is 1. The van der Waals surface area contributed by atoms with Gasteiger partial charge in [-0.2, -0.15) is 0 Å². The molecule has 0 saturated carbocycles. The molecule has 1 aliphatic heterocycles. The maximum absolute atomic E-state index is 11.9. The molecule has 0 N–H and O–H groups in total. The fourth-order valence-corrected chi connectivity index (χ4v) is 1.82. The van der Waals surface area contributed by atoms with Gasteiger partial charge in [-0.25, -0.2) is 0 Å². The average Bonchev–Trinajstić information content (AvgIpc) is 2.95. The number of nitrogens with zero attached hydrogens (tertiary/aromatic N) is 1. The van der Waals surface area contributed by atoms with Crippen LogP contribution < -0.4 is 0 Å². The van der Waals surface area contributed by atoms with E-state index < -0.39 is 0 Å². The normalized spacial score (nSPS) is 23.0. The lowest BCUT2D eigenvalue weighted by molar-refractivity contribution is 0.0872. The number of hydrogen-bond donors (Lipinski definition) is 0. The molecule has 1 aromatic carbocycles. The molecule has 0 spiro atoms. The molecule has 3 rings (SSSR count). The third-order valence-corrected chi connectivity index (χ3v) is 2.72. The molecule has 3 heteroatoms. The third kappa shape index (κ3) is 1.55. The number of aromatic nitrogens is 1. The van der Waals surface area contributed by atoms with Gasteiger partial charge in [-0.15, -0.1) is 0 Å². The van der Waals surface area contributed by atoms with E-state index in [-0.39, 0.29) is 18.1 Å². The Hall–Kier alpha value is -1.87. The number of benzene rings is 1. The Bertz CT molecular complexity index is 490. The Labute approximate surface area is 93.3 Å². The molecule has 0 unspecified atom stereocenters. The number of epoxide rings is 1. The average molecular weight is 213 g/mol. The van der Waals surface area contributed by atoms with Gasteiger partial charge in [0.05, 0.1) is 0 Å². The molecule has 1 aliphatic rings. The second kappa shape index (κ2) is 3.61. The summed E-state index contributed by atoms with van der Waals surface area (Å²) in [4.78, 5) is 11.9. The minimum absolute atomic E-state index is 0.00106. The van der Waals surface area contributed by atoms with E-state index in [0.717, 1.165) is 5.56 Å². The van der Waals surface area contributed by atoms with Crippen LogP contribution in [0.4, 0.5) is 0 Å². The van der Waals surface area contributed by atoms with E-state index >= 15 is 0 Å². The second-order valence-corrected chi connectivity index (χ2v) is 3.82. The maximum Gasteiger partial charge on any atom is 0.262 e. The van der Waals surface area contributed by atoms with E-state index in [4.69, 9.17) is 4.74 Å². The van der Waals surface area contributed by atoms with Gasteiger partial charge in [0, 0.05) is 12.4 Å². The first-order valence-corrected chi connectivity index (χ1v) is 5.24. The second-order valence-electron chi connectivity index (χ2n) is 3.82. The highest BCUT2D eigenvalue weighted by atomic mass is 16.6. The van der Waals surface area contributed by atoms with E-state index in [1.165, 1.54) is 0 Å². The van der Waals surface area contributed by atoms with Crippen molar-refractivity contribution in [1.29, 1.82) is 0 Å². The maximum atomic E-state index is 11.9. The summed E-state index contributed by atoms with van der Waals surface area (Å²) >= 11 is 0. The molecule has 0 bridgehead atoms. The lowest BCUT2D eigenvalue weighted by atomic mass is 10.1. The van der Waals surface area contributed by atoms with Crippen LogP contribution in [0, 0.1) is 0 Å². The summed E-state index contributed by atoms with van der Waals surface area (Å²) in [5.41, 5.74) is 1.06. The Kier molecular flexibility index (Phi) is 2.11. The molecule has 0 amide bonds. The minimum Gasteiger partial charge on any atom is -0.354 e. The minimum atomic E-state index is -0.324. The van der Waals surface area contributed by atoms with Gasteiger partial charge in [0.15, 0.2) is 6.10 Å². The van der Waals surface area contributed by atoms with Crippen LogP contribution in [0.3, 0.4) is 0 Å². The zero-order chi connectivity index (χ0) is 11.0. The van der Waals surface area contributed by atoms with Gasteiger partial charge in [-0.1, -0.05) is 30.3 Å². The summed E-state index contributed by atoms with van der Waals surface area (Å²) in [5.74, 6) is -0.00106. The van der Waals surface area contributed by atoms with Gasteiger partial charge in [0.2, 0.25) is 0 Å². The summed E-state index contributed by atoms with van der Waals surface area (Å²) in [7, 11) is 0. The van der Waals surface area contributed by atoms with E-state index in [9.17, 15) is 4.79 Å². The third-order valence-electron chi connectivity index (χ3n) is 2.72. The fourth-order valence-electron chi connectivity index (χ4n) is 1.82. The standard InChI is InChI=1S/C13H11NO2/c15-13(14-8-4-5-9-14)12-11(16-12)10-6-2-1-3-7-10/h1-9,11-12H/t11-,12+/m1/s1. The van der Waals surface area contributed by atoms with Crippen molar-refractivity contribution >= 4 is 5.91 Å². The van der Waals surface area contributed by atoms with Crippen molar-refractivity contribution in [3.05, 3.63) is 60.4 Å². The van der Waals surface area contributed by atoms with Crippen molar-refractivity contribution in [1.82, 2.24) is 4.57 Å². The zero-order valence-electron chi connectivity index (χ0n) is 8.61. The highest BCUT2D eigenvalue weighted by Crippen LogP contribution is 2.39. The van der Waals surface area contributed by atoms with Crippen LogP contribution in [-0.4, -0.2) is 16.6 Å². The van der Waals surface area contributed by atoms with Crippen molar-refractivity contribution < 1.29 is 9.53 Å². The van der Waals surface area contributed by atoms with Gasteiger partial charge in [-0.3, -0.25) is 9.36 Å². The van der Waals surface area contributed by atoms with Gasteiger partial charge in [0.25, 0.3) is 5.91 Å². The Morgan fingerprint density at radius 2 is 1.75 bits per heavy atom. The highest BCUT2D eigenvalue weighted by Gasteiger charge is 2.46. The van der Waals surface area contributed by atoms with E-state index in [0.29, 0.717) is 0 Å². The molecule has 1 aromatic heterocycles. The van der Waals surface area contributed by atoms with E-state index in [2.05, 4.69) is 0 Å². The molecule has 2 heterocycles. The summed E-state index contributed by atoms with van der Waals surface area (Å²) in [6.45, 7) is 0. The van der Waals surface area contributed by atoms with E-state index in [1.54, 1.807) is 17.0 Å². The molecule has 16 heavy (non-hydrogen) atoms. The number of carbonyl (C=O) groups excluding carboxylic acids is 1. The number of rotatable bonds is 2. The van der Waals surface area contributed by atoms with Crippen molar-refractivity contribution in [2.75, 3.05) is 0 Å². The number of hydrogen-bond acceptors (Lipinski definition) is 2. The van der Waals surface area contributed by atoms with Crippen LogP contribution in [0.5, 0.6) is 0 Å².